The minimum absolute atomic E-state index is 0.0918. The summed E-state index contributed by atoms with van der Waals surface area (Å²) in [4.78, 5) is 3.99. The molecule has 150 valence electrons. The van der Waals surface area contributed by atoms with Gasteiger partial charge in [0.1, 0.15) is 17.3 Å². The van der Waals surface area contributed by atoms with E-state index in [0.29, 0.717) is 11.6 Å². The quantitative estimate of drug-likeness (QED) is 0.685. The summed E-state index contributed by atoms with van der Waals surface area (Å²) in [6, 6.07) is 5.38. The van der Waals surface area contributed by atoms with Crippen LogP contribution in [0.15, 0.2) is 42.4 Å². The van der Waals surface area contributed by atoms with E-state index in [0.717, 1.165) is 18.5 Å². The van der Waals surface area contributed by atoms with Gasteiger partial charge in [0, 0.05) is 41.7 Å². The van der Waals surface area contributed by atoms with Gasteiger partial charge >= 0.3 is 0 Å². The van der Waals surface area contributed by atoms with Gasteiger partial charge in [-0.2, -0.15) is 0 Å². The van der Waals surface area contributed by atoms with Gasteiger partial charge in [0.25, 0.3) is 0 Å². The Morgan fingerprint density at radius 3 is 2.64 bits per heavy atom. The van der Waals surface area contributed by atoms with Gasteiger partial charge in [-0.15, -0.1) is 0 Å². The molecule has 2 unspecified atom stereocenters. The molecule has 1 aliphatic rings. The summed E-state index contributed by atoms with van der Waals surface area (Å²) in [5.74, 6) is -1.06. The third-order valence-corrected chi connectivity index (χ3v) is 5.09. The fourth-order valence-corrected chi connectivity index (χ4v) is 3.36. The van der Waals surface area contributed by atoms with Crippen LogP contribution in [0.1, 0.15) is 57.8 Å². The zero-order valence-electron chi connectivity index (χ0n) is 16.6. The van der Waals surface area contributed by atoms with Crippen LogP contribution in [0.25, 0.3) is 11.1 Å². The largest absolute Gasteiger partial charge is 0.386 e. The Kier molecular flexibility index (Phi) is 5.68. The molecule has 2 heterocycles. The van der Waals surface area contributed by atoms with Crippen LogP contribution >= 0.6 is 0 Å². The van der Waals surface area contributed by atoms with E-state index in [2.05, 4.69) is 22.5 Å². The van der Waals surface area contributed by atoms with Gasteiger partial charge < -0.3 is 10.6 Å². The van der Waals surface area contributed by atoms with Crippen molar-refractivity contribution in [1.82, 2.24) is 15.6 Å². The van der Waals surface area contributed by atoms with Gasteiger partial charge in [-0.05, 0) is 57.0 Å². The van der Waals surface area contributed by atoms with Gasteiger partial charge in [0.15, 0.2) is 0 Å². The first-order valence-electron chi connectivity index (χ1n) is 9.55. The summed E-state index contributed by atoms with van der Waals surface area (Å²) in [5, 5.41) is 6.51. The molecule has 0 amide bonds. The van der Waals surface area contributed by atoms with E-state index in [4.69, 9.17) is 0 Å². The van der Waals surface area contributed by atoms with Crippen LogP contribution in [0.3, 0.4) is 0 Å². The lowest BCUT2D eigenvalue weighted by molar-refractivity contribution is 0.214. The van der Waals surface area contributed by atoms with Crippen molar-refractivity contribution >= 4 is 0 Å². The summed E-state index contributed by atoms with van der Waals surface area (Å²) in [6.45, 7) is 6.65. The van der Waals surface area contributed by atoms with E-state index in [1.165, 1.54) is 38.2 Å². The Morgan fingerprint density at radius 1 is 1.25 bits per heavy atom. The summed E-state index contributed by atoms with van der Waals surface area (Å²) >= 11 is 0. The van der Waals surface area contributed by atoms with Crippen molar-refractivity contribution in [3.05, 3.63) is 65.3 Å². The lowest BCUT2D eigenvalue weighted by atomic mass is 9.97. The average molecular weight is 389 g/mol. The highest BCUT2D eigenvalue weighted by atomic mass is 19.1. The van der Waals surface area contributed by atoms with Gasteiger partial charge in [-0.25, -0.2) is 13.2 Å². The Labute approximate surface area is 164 Å². The molecule has 0 spiro atoms. The fourth-order valence-electron chi connectivity index (χ4n) is 3.36. The second kappa shape index (κ2) is 7.86. The molecule has 2 atom stereocenters. The number of alkyl halides is 1. The first-order chi connectivity index (χ1) is 13.2. The lowest BCUT2D eigenvalue weighted by Gasteiger charge is -2.19. The van der Waals surface area contributed by atoms with Crippen molar-refractivity contribution in [1.29, 1.82) is 0 Å². The highest BCUT2D eigenvalue weighted by molar-refractivity contribution is 5.65. The second-order valence-corrected chi connectivity index (χ2v) is 7.77. The molecule has 2 aromatic rings. The van der Waals surface area contributed by atoms with E-state index in [1.54, 1.807) is 13.0 Å². The van der Waals surface area contributed by atoms with Gasteiger partial charge in [-0.1, -0.05) is 6.92 Å². The molecule has 6 heteroatoms. The van der Waals surface area contributed by atoms with Gasteiger partial charge in [-0.3, -0.25) is 4.98 Å². The first-order valence-corrected chi connectivity index (χ1v) is 9.55. The smallest absolute Gasteiger partial charge is 0.147 e. The molecule has 0 radical (unpaired) electrons. The highest BCUT2D eigenvalue weighted by Gasteiger charge is 2.23. The summed E-state index contributed by atoms with van der Waals surface area (Å²) in [5.41, 5.74) is 0.231. The van der Waals surface area contributed by atoms with Crippen LogP contribution in [0.2, 0.25) is 0 Å². The molecule has 0 fully saturated rings. The molecular weight excluding hydrogens is 363 g/mol. The van der Waals surface area contributed by atoms with Crippen LogP contribution in [0.5, 0.6) is 0 Å². The van der Waals surface area contributed by atoms with Crippen LogP contribution in [-0.2, 0) is 5.67 Å². The molecule has 1 aromatic heterocycles. The molecule has 1 aliphatic heterocycles. The van der Waals surface area contributed by atoms with Crippen LogP contribution in [0.4, 0.5) is 13.2 Å². The van der Waals surface area contributed by atoms with Crippen molar-refractivity contribution in [3.8, 4) is 11.1 Å². The number of hydrogen-bond donors (Lipinski definition) is 2. The molecule has 0 bridgehead atoms. The first kappa shape index (κ1) is 20.2. The maximum atomic E-state index is 14.8. The fraction of sp³-hybridized carbons (Fsp3) is 0.409. The minimum atomic E-state index is -1.66. The number of aromatic nitrogens is 1. The molecule has 28 heavy (non-hydrogen) atoms. The Hall–Kier alpha value is -2.50. The molecule has 3 rings (SSSR count). The van der Waals surface area contributed by atoms with E-state index < -0.39 is 17.3 Å². The predicted molar refractivity (Wildman–Crippen MR) is 105 cm³/mol. The Balaban J connectivity index is 1.85. The second-order valence-electron chi connectivity index (χ2n) is 7.77. The number of rotatable bonds is 6. The summed E-state index contributed by atoms with van der Waals surface area (Å²) < 4.78 is 43.7. The SMILES string of the molecule is CCC1CC(NC(C)c2cc(F)c(-c3ccnc(C(C)(C)F)c3)cc2F)=CN1. The summed E-state index contributed by atoms with van der Waals surface area (Å²) in [6.07, 6.45) is 5.13. The zero-order chi connectivity index (χ0) is 20.5. The van der Waals surface area contributed by atoms with Crippen molar-refractivity contribution in [2.24, 2.45) is 0 Å². The van der Waals surface area contributed by atoms with Crippen LogP contribution < -0.4 is 10.6 Å². The van der Waals surface area contributed by atoms with E-state index in [-0.39, 0.29) is 22.9 Å². The van der Waals surface area contributed by atoms with Crippen molar-refractivity contribution in [2.75, 3.05) is 0 Å². The molecule has 0 aliphatic carbocycles. The van der Waals surface area contributed by atoms with Crippen LogP contribution in [-0.4, -0.2) is 11.0 Å². The Bertz CT molecular complexity index is 887. The van der Waals surface area contributed by atoms with E-state index >= 15 is 0 Å². The maximum Gasteiger partial charge on any atom is 0.147 e. The van der Waals surface area contributed by atoms with Crippen LogP contribution in [0, 0.1) is 11.6 Å². The van der Waals surface area contributed by atoms with Crippen molar-refractivity contribution in [3.63, 3.8) is 0 Å². The normalized spacial score (nSPS) is 17.8. The standard InChI is InChI=1S/C22H26F3N3/c1-5-15-9-16(12-27-15)28-13(2)17-10-20(24)18(11-19(17)23)14-6-7-26-21(8-14)22(3,4)25/h6-8,10-13,15,27-28H,5,9H2,1-4H3. The van der Waals surface area contributed by atoms with Crippen molar-refractivity contribution in [2.45, 2.75) is 58.3 Å². The number of hydrogen-bond acceptors (Lipinski definition) is 3. The number of pyridine rings is 1. The number of nitrogens with one attached hydrogen (secondary N) is 2. The maximum absolute atomic E-state index is 14.8. The molecule has 0 saturated carbocycles. The summed E-state index contributed by atoms with van der Waals surface area (Å²) in [7, 11) is 0. The molecule has 0 saturated heterocycles. The molecule has 2 N–H and O–H groups in total. The van der Waals surface area contributed by atoms with Gasteiger partial charge in [0.05, 0.1) is 11.7 Å². The van der Waals surface area contributed by atoms with Crippen molar-refractivity contribution < 1.29 is 13.2 Å². The average Bonchev–Trinajstić information content (AvgIpc) is 3.10. The Morgan fingerprint density at radius 2 is 2.00 bits per heavy atom. The van der Waals surface area contributed by atoms with E-state index in [9.17, 15) is 13.2 Å². The number of nitrogens with zero attached hydrogens (tertiary/aromatic N) is 1. The number of benzene rings is 1. The minimum Gasteiger partial charge on any atom is -0.386 e. The monoisotopic (exact) mass is 389 g/mol. The third kappa shape index (κ3) is 4.32. The van der Waals surface area contributed by atoms with E-state index in [1.807, 2.05) is 6.20 Å². The molecule has 3 nitrogen and oxygen atoms in total. The topological polar surface area (TPSA) is 37.0 Å². The third-order valence-electron chi connectivity index (χ3n) is 5.09. The molecular formula is C22H26F3N3. The highest BCUT2D eigenvalue weighted by Crippen LogP contribution is 2.31. The molecule has 1 aromatic carbocycles. The zero-order valence-corrected chi connectivity index (χ0v) is 16.6. The lowest BCUT2D eigenvalue weighted by Crippen LogP contribution is -2.20. The number of halogens is 3. The predicted octanol–water partition coefficient (Wildman–Crippen LogP) is 5.50. The van der Waals surface area contributed by atoms with Gasteiger partial charge in [0.2, 0.25) is 0 Å².